The first-order valence-corrected chi connectivity index (χ1v) is 13.8. The van der Waals surface area contributed by atoms with Crippen molar-refractivity contribution in [2.45, 2.75) is 32.2 Å². The van der Waals surface area contributed by atoms with E-state index in [1.165, 1.54) is 28.2 Å². The molecule has 0 bridgehead atoms. The minimum atomic E-state index is -0.00850. The molecular weight excluding hydrogens is 474 g/mol. The average molecular weight is 498 g/mol. The summed E-state index contributed by atoms with van der Waals surface area (Å²) in [5, 5.41) is 5.57. The Bertz CT molecular complexity index is 1360. The van der Waals surface area contributed by atoms with Gasteiger partial charge in [-0.2, -0.15) is 0 Å². The second-order valence-electron chi connectivity index (χ2n) is 8.49. The second-order valence-corrected chi connectivity index (χ2v) is 11.4. The molecule has 0 saturated carbocycles. The van der Waals surface area contributed by atoms with E-state index in [9.17, 15) is 9.59 Å². The maximum absolute atomic E-state index is 12.9. The standard InChI is InChI=1S/C23H23N5O2S3/c29-20-19-14-4-1-2-5-16(14)33-22(19)26-18(25-20)12-27-7-9-28(10-8-27)23(30)15-13-32-21(24-15)17-6-3-11-31-17/h3,6,11,13H,1-2,4-5,7-10,12H2,(H,25,26,29). The first kappa shape index (κ1) is 21.2. The first-order chi connectivity index (χ1) is 16.2. The number of rotatable bonds is 4. The third kappa shape index (κ3) is 4.05. The normalized spacial score (nSPS) is 16.9. The van der Waals surface area contributed by atoms with Gasteiger partial charge in [0.05, 0.1) is 16.8 Å². The van der Waals surface area contributed by atoms with Crippen LogP contribution in [0.2, 0.25) is 0 Å². The fraction of sp³-hybridized carbons (Fsp3) is 0.391. The number of nitrogens with one attached hydrogen (secondary N) is 1. The highest BCUT2D eigenvalue weighted by molar-refractivity contribution is 7.20. The van der Waals surface area contributed by atoms with E-state index in [2.05, 4.69) is 14.9 Å². The van der Waals surface area contributed by atoms with E-state index in [0.29, 0.717) is 31.2 Å². The van der Waals surface area contributed by atoms with Crippen molar-refractivity contribution in [2.75, 3.05) is 26.2 Å². The fourth-order valence-electron chi connectivity index (χ4n) is 4.65. The molecule has 4 aromatic heterocycles. The predicted octanol–water partition coefficient (Wildman–Crippen LogP) is 4.01. The summed E-state index contributed by atoms with van der Waals surface area (Å²) in [5.41, 5.74) is 1.74. The smallest absolute Gasteiger partial charge is 0.273 e. The number of amides is 1. The topological polar surface area (TPSA) is 82.2 Å². The zero-order valence-electron chi connectivity index (χ0n) is 18.0. The molecule has 7 nitrogen and oxygen atoms in total. The summed E-state index contributed by atoms with van der Waals surface area (Å²) in [4.78, 5) is 45.5. The van der Waals surface area contributed by atoms with Crippen molar-refractivity contribution in [1.82, 2.24) is 24.8 Å². The molecule has 1 aliphatic carbocycles. The second kappa shape index (κ2) is 8.75. The summed E-state index contributed by atoms with van der Waals surface area (Å²) >= 11 is 4.83. The lowest BCUT2D eigenvalue weighted by Crippen LogP contribution is -2.48. The molecule has 1 aliphatic heterocycles. The van der Waals surface area contributed by atoms with E-state index in [1.807, 2.05) is 27.8 Å². The summed E-state index contributed by atoms with van der Waals surface area (Å²) in [5.74, 6) is 0.705. The Hall–Kier alpha value is -2.40. The van der Waals surface area contributed by atoms with Crippen LogP contribution >= 0.6 is 34.0 Å². The monoisotopic (exact) mass is 497 g/mol. The number of carbonyl (C=O) groups is 1. The predicted molar refractivity (Wildman–Crippen MR) is 133 cm³/mol. The molecule has 170 valence electrons. The van der Waals surface area contributed by atoms with Crippen molar-refractivity contribution < 1.29 is 4.79 Å². The quantitative estimate of drug-likeness (QED) is 0.461. The largest absolute Gasteiger partial charge is 0.335 e. The number of fused-ring (bicyclic) bond motifs is 3. The molecule has 1 N–H and O–H groups in total. The lowest BCUT2D eigenvalue weighted by Gasteiger charge is -2.34. The van der Waals surface area contributed by atoms with E-state index in [4.69, 9.17) is 4.98 Å². The number of hydrogen-bond acceptors (Lipinski definition) is 8. The van der Waals surface area contributed by atoms with Gasteiger partial charge in [0.2, 0.25) is 0 Å². The highest BCUT2D eigenvalue weighted by atomic mass is 32.1. The van der Waals surface area contributed by atoms with Crippen molar-refractivity contribution in [1.29, 1.82) is 0 Å². The maximum Gasteiger partial charge on any atom is 0.273 e. The lowest BCUT2D eigenvalue weighted by atomic mass is 9.97. The van der Waals surface area contributed by atoms with Crippen LogP contribution in [0.3, 0.4) is 0 Å². The van der Waals surface area contributed by atoms with Gasteiger partial charge in [-0.15, -0.1) is 34.0 Å². The Morgan fingerprint density at radius 1 is 1.09 bits per heavy atom. The molecule has 33 heavy (non-hydrogen) atoms. The summed E-state index contributed by atoms with van der Waals surface area (Å²) < 4.78 is 0. The number of piperazine rings is 1. The molecule has 0 spiro atoms. The van der Waals surface area contributed by atoms with Gasteiger partial charge >= 0.3 is 0 Å². The summed E-state index contributed by atoms with van der Waals surface area (Å²) in [6, 6.07) is 4.02. The van der Waals surface area contributed by atoms with Gasteiger partial charge in [-0.25, -0.2) is 9.97 Å². The molecule has 4 aromatic rings. The Morgan fingerprint density at radius 3 is 2.76 bits per heavy atom. The van der Waals surface area contributed by atoms with Crippen LogP contribution in [-0.4, -0.2) is 56.8 Å². The zero-order valence-corrected chi connectivity index (χ0v) is 20.5. The van der Waals surface area contributed by atoms with Gasteiger partial charge in [-0.1, -0.05) is 6.07 Å². The fourth-order valence-corrected chi connectivity index (χ4v) is 7.54. The number of nitrogens with zero attached hydrogens (tertiary/aromatic N) is 4. The molecule has 10 heteroatoms. The van der Waals surface area contributed by atoms with Crippen LogP contribution in [0.4, 0.5) is 0 Å². The third-order valence-corrected chi connectivity index (χ3v) is 9.43. The number of thiazole rings is 1. The van der Waals surface area contributed by atoms with Gasteiger partial charge < -0.3 is 9.88 Å². The van der Waals surface area contributed by atoms with Crippen LogP contribution in [0.25, 0.3) is 20.1 Å². The van der Waals surface area contributed by atoms with E-state index < -0.39 is 0 Å². The minimum absolute atomic E-state index is 0.00621. The lowest BCUT2D eigenvalue weighted by molar-refractivity contribution is 0.0620. The van der Waals surface area contributed by atoms with Gasteiger partial charge in [-0.3, -0.25) is 14.5 Å². The van der Waals surface area contributed by atoms with Crippen molar-refractivity contribution in [3.8, 4) is 9.88 Å². The number of aromatic nitrogens is 3. The van der Waals surface area contributed by atoms with E-state index in [-0.39, 0.29) is 11.5 Å². The molecule has 0 unspecified atom stereocenters. The van der Waals surface area contributed by atoms with E-state index in [0.717, 1.165) is 52.5 Å². The molecule has 1 fully saturated rings. The van der Waals surface area contributed by atoms with E-state index >= 15 is 0 Å². The Balaban J connectivity index is 1.11. The first-order valence-electron chi connectivity index (χ1n) is 11.2. The van der Waals surface area contributed by atoms with E-state index in [1.54, 1.807) is 22.7 Å². The minimum Gasteiger partial charge on any atom is -0.335 e. The SMILES string of the molecule is O=C(c1csc(-c2cccs2)n1)N1CCN(Cc2nc3sc4c(c3c(=O)[nH]2)CCCC4)CC1. The number of aromatic amines is 1. The van der Waals surface area contributed by atoms with Crippen LogP contribution in [0.15, 0.2) is 27.7 Å². The highest BCUT2D eigenvalue weighted by Crippen LogP contribution is 2.33. The molecule has 0 atom stereocenters. The van der Waals surface area contributed by atoms with Crippen molar-refractivity contribution in [2.24, 2.45) is 0 Å². The average Bonchev–Trinajstić information content (AvgIpc) is 3.58. The molecule has 5 heterocycles. The van der Waals surface area contributed by atoms with Gasteiger partial charge in [0.25, 0.3) is 11.5 Å². The molecule has 6 rings (SSSR count). The van der Waals surface area contributed by atoms with Crippen molar-refractivity contribution >= 4 is 50.1 Å². The zero-order chi connectivity index (χ0) is 22.4. The van der Waals surface area contributed by atoms with Gasteiger partial charge in [0.1, 0.15) is 21.4 Å². The van der Waals surface area contributed by atoms with Gasteiger partial charge in [0.15, 0.2) is 0 Å². The molecule has 0 aromatic carbocycles. The molecule has 0 radical (unpaired) electrons. The number of carbonyl (C=O) groups excluding carboxylic acids is 1. The number of hydrogen-bond donors (Lipinski definition) is 1. The van der Waals surface area contributed by atoms with Crippen LogP contribution in [-0.2, 0) is 19.4 Å². The van der Waals surface area contributed by atoms with Crippen molar-refractivity contribution in [3.05, 3.63) is 55.2 Å². The highest BCUT2D eigenvalue weighted by Gasteiger charge is 2.25. The Kier molecular flexibility index (Phi) is 5.61. The molecular formula is C23H23N5O2S3. The van der Waals surface area contributed by atoms with Crippen molar-refractivity contribution in [3.63, 3.8) is 0 Å². The number of aryl methyl sites for hydroxylation is 2. The third-order valence-electron chi connectivity index (χ3n) is 6.36. The van der Waals surface area contributed by atoms with Crippen LogP contribution in [0.1, 0.15) is 39.6 Å². The summed E-state index contributed by atoms with van der Waals surface area (Å²) in [7, 11) is 0. The Morgan fingerprint density at radius 2 is 1.94 bits per heavy atom. The van der Waals surface area contributed by atoms with Crippen LogP contribution in [0, 0.1) is 0 Å². The molecule has 2 aliphatic rings. The summed E-state index contributed by atoms with van der Waals surface area (Å²) in [6.45, 7) is 3.37. The van der Waals surface area contributed by atoms with Gasteiger partial charge in [-0.05, 0) is 42.7 Å². The van der Waals surface area contributed by atoms with Crippen LogP contribution < -0.4 is 5.56 Å². The molecule has 1 amide bonds. The Labute approximate surface area is 202 Å². The number of thiophene rings is 2. The van der Waals surface area contributed by atoms with Gasteiger partial charge in [0, 0.05) is 36.4 Å². The number of H-pyrrole nitrogens is 1. The summed E-state index contributed by atoms with van der Waals surface area (Å²) in [6.07, 6.45) is 4.40. The van der Waals surface area contributed by atoms with Crippen LogP contribution in [0.5, 0.6) is 0 Å². The maximum atomic E-state index is 12.9. The molecule has 1 saturated heterocycles.